The van der Waals surface area contributed by atoms with Gasteiger partial charge in [-0.25, -0.2) is 0 Å². The van der Waals surface area contributed by atoms with Gasteiger partial charge in [-0.15, -0.1) is 12.4 Å². The number of aryl methyl sites for hydroxylation is 1. The Morgan fingerprint density at radius 2 is 2.08 bits per heavy atom. The van der Waals surface area contributed by atoms with E-state index in [9.17, 15) is 4.79 Å². The van der Waals surface area contributed by atoms with Crippen LogP contribution in [0.15, 0.2) is 24.3 Å². The number of nitrogens with one attached hydrogen (secondary N) is 2. The number of amides is 1. The van der Waals surface area contributed by atoms with Gasteiger partial charge in [-0.3, -0.25) is 9.78 Å². The molecule has 0 atom stereocenters. The number of benzene rings is 1. The molecule has 0 saturated carbocycles. The highest BCUT2D eigenvalue weighted by atomic mass is 35.5. The Morgan fingerprint density at radius 1 is 1.31 bits per heavy atom. The fourth-order valence-electron chi connectivity index (χ4n) is 3.13. The highest BCUT2D eigenvalue weighted by Crippen LogP contribution is 2.21. The number of hydrogen-bond acceptors (Lipinski definition) is 5. The van der Waals surface area contributed by atoms with Gasteiger partial charge in [0.05, 0.1) is 23.9 Å². The number of hydrogen-bond donors (Lipinski definition) is 2. The summed E-state index contributed by atoms with van der Waals surface area (Å²) in [6.07, 6.45) is 0.961. The zero-order valence-corrected chi connectivity index (χ0v) is 16.2. The first-order valence-corrected chi connectivity index (χ1v) is 8.84. The molecule has 3 rings (SSSR count). The molecule has 1 aliphatic heterocycles. The smallest absolute Gasteiger partial charge is 0.253 e. The van der Waals surface area contributed by atoms with Gasteiger partial charge < -0.3 is 20.3 Å². The van der Waals surface area contributed by atoms with E-state index in [1.165, 1.54) is 0 Å². The number of fused-ring (bicyclic) bond motifs is 1. The van der Waals surface area contributed by atoms with Gasteiger partial charge in [-0.1, -0.05) is 0 Å². The Kier molecular flexibility index (Phi) is 7.63. The van der Waals surface area contributed by atoms with Gasteiger partial charge in [0.15, 0.2) is 0 Å². The van der Waals surface area contributed by atoms with Crippen LogP contribution in [0, 0.1) is 6.92 Å². The summed E-state index contributed by atoms with van der Waals surface area (Å²) in [6.45, 7) is 7.86. The number of pyridine rings is 1. The van der Waals surface area contributed by atoms with Crippen molar-refractivity contribution >= 4 is 29.2 Å². The van der Waals surface area contributed by atoms with Gasteiger partial charge in [0.1, 0.15) is 5.75 Å². The lowest BCUT2D eigenvalue weighted by Crippen LogP contribution is -2.44. The molecule has 26 heavy (non-hydrogen) atoms. The number of carbonyl (C=O) groups excluding carboxylic acids is 1. The first-order chi connectivity index (χ1) is 12.2. The molecule has 1 aromatic heterocycles. The Hall–Kier alpha value is -1.89. The third-order valence-corrected chi connectivity index (χ3v) is 4.61. The summed E-state index contributed by atoms with van der Waals surface area (Å²) in [6, 6.07) is 7.61. The predicted molar refractivity (Wildman–Crippen MR) is 107 cm³/mol. The van der Waals surface area contributed by atoms with Crippen molar-refractivity contribution in [3.05, 3.63) is 35.5 Å². The molecule has 1 aromatic carbocycles. The normalized spacial score (nSPS) is 14.7. The molecule has 1 aliphatic rings. The number of methoxy groups -OCH3 is 1. The number of nitrogens with zero attached hydrogens (tertiary/aromatic N) is 2. The molecule has 6 nitrogen and oxygen atoms in total. The van der Waals surface area contributed by atoms with Gasteiger partial charge >= 0.3 is 0 Å². The molecule has 2 N–H and O–H groups in total. The number of halogens is 1. The summed E-state index contributed by atoms with van der Waals surface area (Å²) in [4.78, 5) is 19.5. The number of aromatic nitrogens is 1. The molecule has 142 valence electrons. The molecule has 1 amide bonds. The lowest BCUT2D eigenvalue weighted by molar-refractivity contribution is 0.0950. The minimum atomic E-state index is -0.0528. The number of piperazine rings is 1. The Bertz CT molecular complexity index is 748. The van der Waals surface area contributed by atoms with E-state index in [-0.39, 0.29) is 18.3 Å². The van der Waals surface area contributed by atoms with E-state index in [0.717, 1.165) is 61.5 Å². The Balaban J connectivity index is 0.00000243. The second-order valence-electron chi connectivity index (χ2n) is 6.38. The van der Waals surface area contributed by atoms with E-state index in [1.54, 1.807) is 7.11 Å². The maximum atomic E-state index is 12.5. The minimum Gasteiger partial charge on any atom is -0.497 e. The van der Waals surface area contributed by atoms with Crippen LogP contribution in [0.3, 0.4) is 0 Å². The van der Waals surface area contributed by atoms with Crippen molar-refractivity contribution in [2.75, 3.05) is 46.4 Å². The van der Waals surface area contributed by atoms with E-state index in [1.807, 2.05) is 31.2 Å². The molecule has 1 fully saturated rings. The lowest BCUT2D eigenvalue weighted by atomic mass is 10.1. The third-order valence-electron chi connectivity index (χ3n) is 4.61. The summed E-state index contributed by atoms with van der Waals surface area (Å²) < 4.78 is 5.23. The molecule has 1 saturated heterocycles. The quantitative estimate of drug-likeness (QED) is 0.752. The predicted octanol–water partition coefficient (Wildman–Crippen LogP) is 2.00. The van der Waals surface area contributed by atoms with E-state index in [2.05, 4.69) is 20.5 Å². The van der Waals surface area contributed by atoms with E-state index >= 15 is 0 Å². The van der Waals surface area contributed by atoms with Crippen molar-refractivity contribution in [3.63, 3.8) is 0 Å². The molecular weight excluding hydrogens is 352 g/mol. The van der Waals surface area contributed by atoms with Crippen LogP contribution in [0.2, 0.25) is 0 Å². The fourth-order valence-corrected chi connectivity index (χ4v) is 3.13. The Labute approximate surface area is 160 Å². The first-order valence-electron chi connectivity index (χ1n) is 8.84. The van der Waals surface area contributed by atoms with Gasteiger partial charge in [0.2, 0.25) is 0 Å². The van der Waals surface area contributed by atoms with Crippen LogP contribution in [0.4, 0.5) is 0 Å². The monoisotopic (exact) mass is 378 g/mol. The molecule has 0 radical (unpaired) electrons. The largest absolute Gasteiger partial charge is 0.497 e. The van der Waals surface area contributed by atoms with E-state index in [0.29, 0.717) is 12.1 Å². The van der Waals surface area contributed by atoms with E-state index in [4.69, 9.17) is 4.74 Å². The van der Waals surface area contributed by atoms with Crippen LogP contribution >= 0.6 is 12.4 Å². The second-order valence-corrected chi connectivity index (χ2v) is 6.38. The second kappa shape index (κ2) is 9.71. The molecule has 7 heteroatoms. The van der Waals surface area contributed by atoms with Crippen molar-refractivity contribution < 1.29 is 9.53 Å². The zero-order chi connectivity index (χ0) is 17.6. The molecule has 2 aromatic rings. The minimum absolute atomic E-state index is 0. The summed E-state index contributed by atoms with van der Waals surface area (Å²) in [5.41, 5.74) is 2.22. The third kappa shape index (κ3) is 5.06. The van der Waals surface area contributed by atoms with Crippen LogP contribution in [0.5, 0.6) is 5.75 Å². The maximum Gasteiger partial charge on any atom is 0.253 e. The van der Waals surface area contributed by atoms with Gasteiger partial charge in [0.25, 0.3) is 5.91 Å². The highest BCUT2D eigenvalue weighted by molar-refractivity contribution is 5.98. The van der Waals surface area contributed by atoms with E-state index < -0.39 is 0 Å². The van der Waals surface area contributed by atoms with Gasteiger partial charge in [-0.05, 0) is 38.1 Å². The van der Waals surface area contributed by atoms with Crippen molar-refractivity contribution in [1.29, 1.82) is 0 Å². The van der Waals surface area contributed by atoms with Gasteiger partial charge in [0, 0.05) is 44.2 Å². The highest BCUT2D eigenvalue weighted by Gasteiger charge is 2.13. The maximum absolute atomic E-state index is 12.5. The summed E-state index contributed by atoms with van der Waals surface area (Å²) in [5.74, 6) is 0.715. The van der Waals surface area contributed by atoms with Crippen molar-refractivity contribution in [2.45, 2.75) is 13.3 Å². The average Bonchev–Trinajstić information content (AvgIpc) is 2.64. The molecule has 0 spiro atoms. The Morgan fingerprint density at radius 3 is 2.81 bits per heavy atom. The molecule has 0 unspecified atom stereocenters. The fraction of sp³-hybridized carbons (Fsp3) is 0.474. The van der Waals surface area contributed by atoms with Crippen LogP contribution < -0.4 is 15.4 Å². The van der Waals surface area contributed by atoms with Gasteiger partial charge in [-0.2, -0.15) is 0 Å². The standard InChI is InChI=1S/C19H26N4O2.ClH/c1-14-17(12-15-4-5-16(25-2)13-18(15)22-14)19(24)21-6-3-9-23-10-7-20-8-11-23;/h4-5,12-13,20H,3,6-11H2,1-2H3,(H,21,24);1H. The van der Waals surface area contributed by atoms with Crippen LogP contribution in [-0.4, -0.2) is 62.2 Å². The molecule has 2 heterocycles. The summed E-state index contributed by atoms with van der Waals surface area (Å²) in [7, 11) is 1.64. The molecule has 0 aliphatic carbocycles. The number of carbonyl (C=O) groups is 1. The summed E-state index contributed by atoms with van der Waals surface area (Å²) in [5, 5.41) is 7.31. The lowest BCUT2D eigenvalue weighted by Gasteiger charge is -2.27. The van der Waals surface area contributed by atoms with Crippen molar-refractivity contribution in [2.24, 2.45) is 0 Å². The zero-order valence-electron chi connectivity index (χ0n) is 15.4. The molecule has 0 bridgehead atoms. The average molecular weight is 379 g/mol. The number of ether oxygens (including phenoxy) is 1. The first kappa shape index (κ1) is 20.4. The topological polar surface area (TPSA) is 66.5 Å². The SMILES string of the molecule is COc1ccc2cc(C(=O)NCCCN3CCNCC3)c(C)nc2c1.Cl. The van der Waals surface area contributed by atoms with Crippen molar-refractivity contribution in [1.82, 2.24) is 20.5 Å². The summed E-state index contributed by atoms with van der Waals surface area (Å²) >= 11 is 0. The molecular formula is C19H27ClN4O2. The van der Waals surface area contributed by atoms with Crippen LogP contribution in [-0.2, 0) is 0 Å². The van der Waals surface area contributed by atoms with Crippen LogP contribution in [0.1, 0.15) is 22.5 Å². The van der Waals surface area contributed by atoms with Crippen molar-refractivity contribution in [3.8, 4) is 5.75 Å². The van der Waals surface area contributed by atoms with Crippen LogP contribution in [0.25, 0.3) is 10.9 Å². The number of rotatable bonds is 6.